The van der Waals surface area contributed by atoms with Crippen LogP contribution in [0.25, 0.3) is 0 Å². The first-order valence-corrected chi connectivity index (χ1v) is 11.7. The first kappa shape index (κ1) is 25.5. The third-order valence-corrected chi connectivity index (χ3v) is 5.93. The van der Waals surface area contributed by atoms with E-state index in [0.717, 1.165) is 0 Å². The van der Waals surface area contributed by atoms with Gasteiger partial charge in [0, 0.05) is 11.3 Å². The van der Waals surface area contributed by atoms with Gasteiger partial charge >= 0.3 is 17.9 Å². The highest BCUT2D eigenvalue weighted by Gasteiger charge is 2.62. The van der Waals surface area contributed by atoms with Crippen molar-refractivity contribution in [3.05, 3.63) is 88.5 Å². The maximum Gasteiger partial charge on any atom is 0.341 e. The number of para-hydroxylation sites is 1. The maximum absolute atomic E-state index is 13.8. The first-order valence-electron chi connectivity index (χ1n) is 11.7. The highest BCUT2D eigenvalue weighted by atomic mass is 16.6. The zero-order chi connectivity index (χ0) is 26.6. The smallest absolute Gasteiger partial charge is 0.341 e. The second-order valence-corrected chi connectivity index (χ2v) is 8.15. The van der Waals surface area contributed by atoms with E-state index in [9.17, 15) is 19.2 Å². The summed E-state index contributed by atoms with van der Waals surface area (Å²) >= 11 is 0. The Morgan fingerprint density at radius 1 is 0.892 bits per heavy atom. The lowest BCUT2D eigenvalue weighted by molar-refractivity contribution is -0.144. The van der Waals surface area contributed by atoms with Gasteiger partial charge in [-0.15, -0.1) is 0 Å². The number of carbonyl (C=O) groups excluding carboxylic acids is 4. The first-order chi connectivity index (χ1) is 17.8. The monoisotopic (exact) mass is 506 g/mol. The fourth-order valence-electron chi connectivity index (χ4n) is 4.49. The zero-order valence-corrected chi connectivity index (χ0v) is 20.4. The second-order valence-electron chi connectivity index (χ2n) is 8.15. The van der Waals surface area contributed by atoms with Crippen LogP contribution in [0.5, 0.6) is 0 Å². The van der Waals surface area contributed by atoms with Gasteiger partial charge in [0.05, 0.1) is 13.2 Å². The molecule has 10 nitrogen and oxygen atoms in total. The Kier molecular flexibility index (Phi) is 7.28. The summed E-state index contributed by atoms with van der Waals surface area (Å²) in [5.41, 5.74) is 4.74. The van der Waals surface area contributed by atoms with Gasteiger partial charge < -0.3 is 30.0 Å². The summed E-state index contributed by atoms with van der Waals surface area (Å²) in [6, 6.07) is 15.4. The number of fused-ring (bicyclic) bond motifs is 2. The van der Waals surface area contributed by atoms with E-state index in [1.54, 1.807) is 62.4 Å². The van der Waals surface area contributed by atoms with Gasteiger partial charge in [-0.05, 0) is 25.5 Å². The van der Waals surface area contributed by atoms with Crippen LogP contribution in [-0.4, -0.2) is 37.0 Å². The molecule has 1 amide bonds. The van der Waals surface area contributed by atoms with Crippen molar-refractivity contribution in [2.75, 3.05) is 18.5 Å². The number of nitrogens with two attached hydrogens (primary N) is 1. The molecule has 2 aliphatic rings. The van der Waals surface area contributed by atoms with E-state index in [2.05, 4.69) is 5.32 Å². The molecular formula is C27H26N2O8. The van der Waals surface area contributed by atoms with Crippen molar-refractivity contribution in [2.24, 2.45) is 5.73 Å². The Labute approximate surface area is 213 Å². The predicted molar refractivity (Wildman–Crippen MR) is 130 cm³/mol. The maximum atomic E-state index is 13.8. The van der Waals surface area contributed by atoms with Crippen molar-refractivity contribution >= 4 is 29.5 Å². The number of ether oxygens (including phenoxy) is 4. The van der Waals surface area contributed by atoms with Crippen LogP contribution in [0.2, 0.25) is 0 Å². The number of hydrogen-bond acceptors (Lipinski definition) is 9. The van der Waals surface area contributed by atoms with Gasteiger partial charge in [0.15, 0.2) is 0 Å². The molecule has 1 spiro atoms. The minimum absolute atomic E-state index is 0.0403. The molecule has 37 heavy (non-hydrogen) atoms. The normalized spacial score (nSPS) is 18.2. The predicted octanol–water partition coefficient (Wildman–Crippen LogP) is 2.59. The number of esters is 3. The van der Waals surface area contributed by atoms with E-state index in [1.165, 1.54) is 0 Å². The summed E-state index contributed by atoms with van der Waals surface area (Å²) in [6.07, 6.45) is -0.522. The minimum Gasteiger partial charge on any atom is -0.466 e. The van der Waals surface area contributed by atoms with Crippen molar-refractivity contribution in [2.45, 2.75) is 32.3 Å². The van der Waals surface area contributed by atoms with E-state index >= 15 is 0 Å². The molecule has 3 N–H and O–H groups in total. The molecule has 0 unspecified atom stereocenters. The van der Waals surface area contributed by atoms with Crippen molar-refractivity contribution in [1.29, 1.82) is 0 Å². The highest BCUT2D eigenvalue weighted by Crippen LogP contribution is 2.53. The molecule has 0 aliphatic carbocycles. The van der Waals surface area contributed by atoms with Gasteiger partial charge in [-0.2, -0.15) is 0 Å². The van der Waals surface area contributed by atoms with Crippen molar-refractivity contribution in [3.8, 4) is 0 Å². The van der Waals surface area contributed by atoms with E-state index in [4.69, 9.17) is 24.7 Å². The number of anilines is 1. The Bertz CT molecular complexity index is 1310. The van der Waals surface area contributed by atoms with Crippen LogP contribution in [0, 0.1) is 0 Å². The number of rotatable bonds is 8. The Balaban J connectivity index is 1.91. The molecule has 2 aromatic rings. The topological polar surface area (TPSA) is 143 Å². The van der Waals surface area contributed by atoms with Crippen molar-refractivity contribution < 1.29 is 38.1 Å². The van der Waals surface area contributed by atoms with Gasteiger partial charge in [-0.25, -0.2) is 9.59 Å². The molecule has 0 saturated carbocycles. The number of carbonyl (C=O) groups is 4. The SMILES string of the molecule is CCOC(=O)CC1=C(C(=O)OCC)[C@]2(C(=O)Nc3ccccc32)C(C(=O)OCc2ccccc2)=C(N)O1. The Morgan fingerprint density at radius 3 is 2.24 bits per heavy atom. The van der Waals surface area contributed by atoms with Gasteiger partial charge in [0.2, 0.25) is 11.8 Å². The summed E-state index contributed by atoms with van der Waals surface area (Å²) in [4.78, 5) is 53.2. The lowest BCUT2D eigenvalue weighted by atomic mass is 9.67. The Morgan fingerprint density at radius 2 is 1.54 bits per heavy atom. The number of benzene rings is 2. The van der Waals surface area contributed by atoms with Crippen LogP contribution in [0.3, 0.4) is 0 Å². The zero-order valence-electron chi connectivity index (χ0n) is 20.4. The summed E-state index contributed by atoms with van der Waals surface area (Å²) in [5.74, 6) is -4.10. The number of hydrogen-bond donors (Lipinski definition) is 2. The molecule has 1 atom stereocenters. The molecule has 0 bridgehead atoms. The minimum atomic E-state index is -2.08. The van der Waals surface area contributed by atoms with Crippen LogP contribution in [-0.2, 0) is 50.1 Å². The van der Waals surface area contributed by atoms with Crippen LogP contribution < -0.4 is 11.1 Å². The molecular weight excluding hydrogens is 480 g/mol. The molecule has 0 saturated heterocycles. The molecule has 0 fully saturated rings. The summed E-state index contributed by atoms with van der Waals surface area (Å²) in [5, 5.41) is 2.71. The Hall–Kier alpha value is -4.60. The summed E-state index contributed by atoms with van der Waals surface area (Å²) in [7, 11) is 0. The summed E-state index contributed by atoms with van der Waals surface area (Å²) < 4.78 is 21.5. The van der Waals surface area contributed by atoms with Crippen LogP contribution in [0.15, 0.2) is 77.4 Å². The summed E-state index contributed by atoms with van der Waals surface area (Å²) in [6.45, 7) is 3.13. The van der Waals surface area contributed by atoms with Gasteiger partial charge in [-0.1, -0.05) is 48.5 Å². The molecule has 192 valence electrons. The van der Waals surface area contributed by atoms with Crippen LogP contribution >= 0.6 is 0 Å². The molecule has 2 aliphatic heterocycles. The molecule has 2 aromatic carbocycles. The average molecular weight is 507 g/mol. The lowest BCUT2D eigenvalue weighted by Crippen LogP contribution is -2.49. The average Bonchev–Trinajstić information content (AvgIpc) is 3.15. The molecule has 0 radical (unpaired) electrons. The fourth-order valence-corrected chi connectivity index (χ4v) is 4.49. The van der Waals surface area contributed by atoms with Crippen molar-refractivity contribution in [3.63, 3.8) is 0 Å². The third-order valence-electron chi connectivity index (χ3n) is 5.93. The standard InChI is InChI=1S/C27H26N2O8/c1-3-34-20(30)14-19-21(24(31)35-4-2)27(17-12-8-9-13-18(17)29-26(27)33)22(23(28)37-19)25(32)36-15-16-10-6-5-7-11-16/h5-13H,3-4,14-15,28H2,1-2H3,(H,29,33)/t27-/m0/s1. The van der Waals surface area contributed by atoms with Gasteiger partial charge in [0.1, 0.15) is 35.3 Å². The number of nitrogens with one attached hydrogen (secondary N) is 1. The molecule has 4 rings (SSSR count). The lowest BCUT2D eigenvalue weighted by Gasteiger charge is -2.36. The van der Waals surface area contributed by atoms with E-state index in [0.29, 0.717) is 11.3 Å². The number of amides is 1. The quantitative estimate of drug-likeness (QED) is 0.408. The van der Waals surface area contributed by atoms with E-state index in [-0.39, 0.29) is 42.3 Å². The molecule has 10 heteroatoms. The molecule has 0 aromatic heterocycles. The van der Waals surface area contributed by atoms with Crippen molar-refractivity contribution in [1.82, 2.24) is 0 Å². The highest BCUT2D eigenvalue weighted by molar-refractivity contribution is 6.21. The van der Waals surface area contributed by atoms with Gasteiger partial charge in [0.25, 0.3) is 0 Å². The fraction of sp³-hybridized carbons (Fsp3) is 0.259. The largest absolute Gasteiger partial charge is 0.466 e. The van der Waals surface area contributed by atoms with Crippen LogP contribution in [0.1, 0.15) is 31.4 Å². The van der Waals surface area contributed by atoms with E-state index in [1.807, 2.05) is 6.07 Å². The molecule has 2 heterocycles. The van der Waals surface area contributed by atoms with Gasteiger partial charge in [-0.3, -0.25) is 9.59 Å². The van der Waals surface area contributed by atoms with Crippen LogP contribution in [0.4, 0.5) is 5.69 Å². The second kappa shape index (κ2) is 10.6. The van der Waals surface area contributed by atoms with E-state index < -0.39 is 41.5 Å². The third kappa shape index (κ3) is 4.53.